The summed E-state index contributed by atoms with van der Waals surface area (Å²) in [6.45, 7) is 0.0863. The number of hydrogen-bond acceptors (Lipinski definition) is 8. The Balaban J connectivity index is 1.64. The number of alkyl halides is 2. The van der Waals surface area contributed by atoms with Gasteiger partial charge in [-0.1, -0.05) is 6.07 Å². The second kappa shape index (κ2) is 12.4. The second-order valence-electron chi connectivity index (χ2n) is 9.35. The number of amides is 1. The Hall–Kier alpha value is -4.13. The summed E-state index contributed by atoms with van der Waals surface area (Å²) in [5, 5.41) is 2.35. The van der Waals surface area contributed by atoms with Gasteiger partial charge >= 0.3 is 12.6 Å². The van der Waals surface area contributed by atoms with Gasteiger partial charge in [-0.25, -0.2) is 18.6 Å². The van der Waals surface area contributed by atoms with Crippen molar-refractivity contribution in [2.75, 3.05) is 6.61 Å². The van der Waals surface area contributed by atoms with Gasteiger partial charge in [0.25, 0.3) is 5.91 Å². The van der Waals surface area contributed by atoms with Crippen molar-refractivity contribution in [1.82, 2.24) is 10.3 Å². The van der Waals surface area contributed by atoms with E-state index in [0.717, 1.165) is 25.0 Å². The number of halogens is 4. The van der Waals surface area contributed by atoms with Crippen LogP contribution in [-0.2, 0) is 16.1 Å². The number of benzene rings is 2. The van der Waals surface area contributed by atoms with E-state index in [0.29, 0.717) is 18.6 Å². The molecule has 0 spiro atoms. The normalized spacial score (nSPS) is 13.8. The number of carbonyl (C=O) groups is 2. The number of rotatable bonds is 12. The lowest BCUT2D eigenvalue weighted by atomic mass is 10.1. The van der Waals surface area contributed by atoms with Crippen LogP contribution in [0.15, 0.2) is 40.8 Å². The topological polar surface area (TPSA) is 126 Å². The van der Waals surface area contributed by atoms with Gasteiger partial charge in [0.1, 0.15) is 11.6 Å². The third kappa shape index (κ3) is 7.08. The molecule has 1 aliphatic rings. The lowest BCUT2D eigenvalue weighted by Crippen LogP contribution is -2.37. The number of carbonyl (C=O) groups excluding carboxylic acids is 2. The van der Waals surface area contributed by atoms with Gasteiger partial charge in [-0.05, 0) is 56.9 Å². The molecule has 13 heteroatoms. The minimum atomic E-state index is -3.07. The van der Waals surface area contributed by atoms with E-state index in [1.807, 2.05) is 0 Å². The molecule has 9 nitrogen and oxygen atoms in total. The van der Waals surface area contributed by atoms with Gasteiger partial charge in [-0.3, -0.25) is 4.79 Å². The van der Waals surface area contributed by atoms with E-state index in [4.69, 9.17) is 19.6 Å². The Labute approximate surface area is 226 Å². The number of oxazole rings is 1. The predicted molar refractivity (Wildman–Crippen MR) is 132 cm³/mol. The maximum absolute atomic E-state index is 14.6. The van der Waals surface area contributed by atoms with Crippen molar-refractivity contribution < 1.29 is 45.8 Å². The zero-order chi connectivity index (χ0) is 29.0. The van der Waals surface area contributed by atoms with Crippen molar-refractivity contribution in [2.45, 2.75) is 52.0 Å². The van der Waals surface area contributed by atoms with Gasteiger partial charge in [0, 0.05) is 17.2 Å². The maximum atomic E-state index is 14.6. The molecule has 0 radical (unpaired) electrons. The molecule has 4 rings (SSSR count). The molecule has 0 aliphatic heterocycles. The number of hydrogen-bond donors (Lipinski definition) is 2. The van der Waals surface area contributed by atoms with Crippen molar-refractivity contribution in [3.8, 4) is 23.0 Å². The van der Waals surface area contributed by atoms with Gasteiger partial charge in [0.15, 0.2) is 29.0 Å². The number of ether oxygens (including phenoxy) is 3. The van der Waals surface area contributed by atoms with Crippen molar-refractivity contribution in [3.63, 3.8) is 0 Å². The fourth-order valence-electron chi connectivity index (χ4n) is 3.73. The summed E-state index contributed by atoms with van der Waals surface area (Å²) in [6, 6.07) is 4.89. The molecular weight excluding hydrogens is 538 g/mol. The lowest BCUT2D eigenvalue weighted by molar-refractivity contribution is -0.150. The SMILES string of the molecule is CC(C)OC(=O)C(NC(=O)c1nc(-c2ccc(OC(F)F)c(OCC3CC3)c2)oc1CN)c1ccc(F)cc1F. The van der Waals surface area contributed by atoms with Crippen LogP contribution in [0.3, 0.4) is 0 Å². The maximum Gasteiger partial charge on any atom is 0.387 e. The van der Waals surface area contributed by atoms with Crippen LogP contribution in [0, 0.1) is 17.6 Å². The molecule has 1 fully saturated rings. The van der Waals surface area contributed by atoms with Crippen LogP contribution in [0.1, 0.15) is 54.5 Å². The molecule has 1 aromatic heterocycles. The zero-order valence-electron chi connectivity index (χ0n) is 21.6. The van der Waals surface area contributed by atoms with E-state index in [1.54, 1.807) is 13.8 Å². The van der Waals surface area contributed by atoms with Crippen LogP contribution in [0.4, 0.5) is 17.6 Å². The van der Waals surface area contributed by atoms with Crippen molar-refractivity contribution in [2.24, 2.45) is 11.7 Å². The molecule has 1 amide bonds. The summed E-state index contributed by atoms with van der Waals surface area (Å²) in [4.78, 5) is 30.2. The van der Waals surface area contributed by atoms with Crippen LogP contribution in [0.2, 0.25) is 0 Å². The van der Waals surface area contributed by atoms with Crippen LogP contribution in [0.25, 0.3) is 11.5 Å². The Morgan fingerprint density at radius 2 is 1.88 bits per heavy atom. The lowest BCUT2D eigenvalue weighted by Gasteiger charge is -2.19. The molecule has 1 heterocycles. The van der Waals surface area contributed by atoms with Crippen LogP contribution >= 0.6 is 0 Å². The standard InChI is InChI=1S/C27H27F4N3O6/c1-13(2)38-26(36)22(17-7-6-16(28)10-18(17)29)33-24(35)23-21(11-32)39-25(34-23)15-5-8-19(40-27(30)31)20(9-15)37-12-14-3-4-14/h5-10,13-14,22,27H,3-4,11-12,32H2,1-2H3,(H,33,35). The number of aromatic nitrogens is 1. The highest BCUT2D eigenvalue weighted by Gasteiger charge is 2.31. The summed E-state index contributed by atoms with van der Waals surface area (Å²) in [5.74, 6) is -3.88. The van der Waals surface area contributed by atoms with E-state index in [2.05, 4.69) is 15.0 Å². The van der Waals surface area contributed by atoms with Gasteiger partial charge in [-0.15, -0.1) is 0 Å². The molecule has 0 bridgehead atoms. The molecular formula is C27H27F4N3O6. The van der Waals surface area contributed by atoms with Gasteiger partial charge in [-0.2, -0.15) is 8.78 Å². The summed E-state index contributed by atoms with van der Waals surface area (Å²) in [5.41, 5.74) is 5.38. The Kier molecular flexibility index (Phi) is 8.93. The summed E-state index contributed by atoms with van der Waals surface area (Å²) in [6.07, 6.45) is 1.34. The summed E-state index contributed by atoms with van der Waals surface area (Å²) in [7, 11) is 0. The average molecular weight is 566 g/mol. The second-order valence-corrected chi connectivity index (χ2v) is 9.35. The first kappa shape index (κ1) is 28.9. The first-order valence-corrected chi connectivity index (χ1v) is 12.4. The molecule has 0 saturated heterocycles. The molecule has 214 valence electrons. The Bertz CT molecular complexity index is 1380. The molecule has 40 heavy (non-hydrogen) atoms. The fraction of sp³-hybridized carbons (Fsp3) is 0.370. The van der Waals surface area contributed by atoms with Gasteiger partial charge in [0.05, 0.1) is 19.3 Å². The minimum absolute atomic E-state index is 0.0338. The molecule has 1 atom stereocenters. The zero-order valence-corrected chi connectivity index (χ0v) is 21.6. The average Bonchev–Trinajstić information content (AvgIpc) is 3.62. The van der Waals surface area contributed by atoms with Crippen LogP contribution < -0.4 is 20.5 Å². The summed E-state index contributed by atoms with van der Waals surface area (Å²) >= 11 is 0. The van der Waals surface area contributed by atoms with Crippen molar-refractivity contribution in [1.29, 1.82) is 0 Å². The smallest absolute Gasteiger partial charge is 0.387 e. The first-order chi connectivity index (χ1) is 19.0. The quantitative estimate of drug-likeness (QED) is 0.235. The highest BCUT2D eigenvalue weighted by Crippen LogP contribution is 2.37. The van der Waals surface area contributed by atoms with E-state index in [-0.39, 0.29) is 46.5 Å². The monoisotopic (exact) mass is 565 g/mol. The third-order valence-electron chi connectivity index (χ3n) is 5.81. The van der Waals surface area contributed by atoms with Crippen molar-refractivity contribution >= 4 is 11.9 Å². The first-order valence-electron chi connectivity index (χ1n) is 12.4. The van der Waals surface area contributed by atoms with Gasteiger partial charge < -0.3 is 29.7 Å². The molecule has 1 unspecified atom stereocenters. The Morgan fingerprint density at radius 3 is 2.50 bits per heavy atom. The fourth-order valence-corrected chi connectivity index (χ4v) is 3.73. The highest BCUT2D eigenvalue weighted by molar-refractivity contribution is 5.96. The molecule has 3 aromatic rings. The van der Waals surface area contributed by atoms with Crippen LogP contribution in [0.5, 0.6) is 11.5 Å². The van der Waals surface area contributed by atoms with E-state index < -0.39 is 42.3 Å². The largest absolute Gasteiger partial charge is 0.489 e. The molecule has 2 aromatic carbocycles. The molecule has 1 saturated carbocycles. The number of nitrogens with two attached hydrogens (primary N) is 1. The number of nitrogens with zero attached hydrogens (tertiary/aromatic N) is 1. The highest BCUT2D eigenvalue weighted by atomic mass is 19.3. The number of esters is 1. The summed E-state index contributed by atoms with van der Waals surface area (Å²) < 4.78 is 74.8. The molecule has 1 aliphatic carbocycles. The van der Waals surface area contributed by atoms with Crippen LogP contribution in [-0.4, -0.2) is 36.2 Å². The van der Waals surface area contributed by atoms with E-state index in [9.17, 15) is 27.2 Å². The Morgan fingerprint density at radius 1 is 1.12 bits per heavy atom. The van der Waals surface area contributed by atoms with E-state index in [1.165, 1.54) is 18.2 Å². The van der Waals surface area contributed by atoms with Crippen molar-refractivity contribution in [3.05, 3.63) is 65.1 Å². The number of nitrogens with one attached hydrogen (secondary N) is 1. The van der Waals surface area contributed by atoms with Gasteiger partial charge in [0.2, 0.25) is 5.89 Å². The minimum Gasteiger partial charge on any atom is -0.489 e. The predicted octanol–water partition coefficient (Wildman–Crippen LogP) is 4.89. The molecule has 3 N–H and O–H groups in total. The van der Waals surface area contributed by atoms with E-state index >= 15 is 0 Å². The third-order valence-corrected chi connectivity index (χ3v) is 5.81.